The van der Waals surface area contributed by atoms with Gasteiger partial charge in [-0.2, -0.15) is 0 Å². The largest absolute Gasteiger partial charge is 0.495 e. The molecule has 1 heterocycles. The van der Waals surface area contributed by atoms with E-state index in [1.807, 2.05) is 0 Å². The van der Waals surface area contributed by atoms with E-state index in [2.05, 4.69) is 90.7 Å². The molecule has 1 aliphatic rings. The summed E-state index contributed by atoms with van der Waals surface area (Å²) >= 11 is 0. The number of fused-ring (bicyclic) bond motifs is 2. The zero-order valence-electron chi connectivity index (χ0n) is 13.9. The normalized spacial score (nSPS) is 12.3. The smallest absolute Gasteiger partial charge is 0.143 e. The van der Waals surface area contributed by atoms with Crippen LogP contribution in [0.3, 0.4) is 0 Å². The van der Waals surface area contributed by atoms with Crippen LogP contribution in [-0.4, -0.2) is 7.11 Å². The third kappa shape index (κ3) is 2.37. The zero-order chi connectivity index (χ0) is 16.5. The van der Waals surface area contributed by atoms with Gasteiger partial charge in [-0.1, -0.05) is 54.6 Å². The van der Waals surface area contributed by atoms with Crippen LogP contribution in [0.25, 0.3) is 12.2 Å². The maximum Gasteiger partial charge on any atom is 0.143 e. The highest BCUT2D eigenvalue weighted by Gasteiger charge is 2.21. The minimum Gasteiger partial charge on any atom is -0.495 e. The highest BCUT2D eigenvalue weighted by Crippen LogP contribution is 2.45. The number of para-hydroxylation sites is 2. The summed E-state index contributed by atoms with van der Waals surface area (Å²) in [5.41, 5.74) is 6.92. The third-order valence-corrected chi connectivity index (χ3v) is 4.37. The van der Waals surface area contributed by atoms with Crippen LogP contribution in [0.4, 0.5) is 17.1 Å². The molecule has 0 saturated carbocycles. The Morgan fingerprint density at radius 2 is 1.29 bits per heavy atom. The van der Waals surface area contributed by atoms with Crippen molar-refractivity contribution in [2.75, 3.05) is 12.0 Å². The number of anilines is 3. The molecule has 0 fully saturated rings. The van der Waals surface area contributed by atoms with Gasteiger partial charge in [0.05, 0.1) is 24.2 Å². The standard InChI is InChI=1S/C22H19NO/c1-16-11-14-21(22(15-16)24-2)23-19-9-5-3-7-17(19)12-13-18-8-4-6-10-20(18)23/h3-15H,1-2H3. The number of rotatable bonds is 2. The Morgan fingerprint density at radius 1 is 0.708 bits per heavy atom. The molecule has 1 aliphatic heterocycles. The van der Waals surface area contributed by atoms with Crippen molar-refractivity contribution in [3.63, 3.8) is 0 Å². The molecule has 3 aromatic rings. The second-order valence-electron chi connectivity index (χ2n) is 5.96. The van der Waals surface area contributed by atoms with Crippen molar-refractivity contribution in [1.82, 2.24) is 0 Å². The van der Waals surface area contributed by atoms with Crippen molar-refractivity contribution in [2.45, 2.75) is 6.92 Å². The summed E-state index contributed by atoms with van der Waals surface area (Å²) in [5, 5.41) is 0. The molecule has 0 aromatic heterocycles. The average molecular weight is 313 g/mol. The molecule has 2 nitrogen and oxygen atoms in total. The molecule has 0 saturated heterocycles. The number of aryl methyl sites for hydroxylation is 1. The summed E-state index contributed by atoms with van der Waals surface area (Å²) in [6, 6.07) is 23.2. The Hall–Kier alpha value is -3.00. The van der Waals surface area contributed by atoms with Gasteiger partial charge in [-0.15, -0.1) is 0 Å². The molecule has 0 bridgehead atoms. The van der Waals surface area contributed by atoms with Gasteiger partial charge in [0.15, 0.2) is 0 Å². The average Bonchev–Trinajstić information content (AvgIpc) is 2.79. The van der Waals surface area contributed by atoms with Gasteiger partial charge in [-0.3, -0.25) is 0 Å². The van der Waals surface area contributed by atoms with Gasteiger partial charge < -0.3 is 9.64 Å². The van der Waals surface area contributed by atoms with Gasteiger partial charge in [0, 0.05) is 0 Å². The first-order valence-electron chi connectivity index (χ1n) is 8.09. The van der Waals surface area contributed by atoms with E-state index in [1.165, 1.54) is 16.7 Å². The van der Waals surface area contributed by atoms with E-state index in [4.69, 9.17) is 4.74 Å². The van der Waals surface area contributed by atoms with E-state index < -0.39 is 0 Å². The first kappa shape index (κ1) is 14.6. The second kappa shape index (κ2) is 5.89. The molecule has 0 N–H and O–H groups in total. The molecular formula is C22H19NO. The van der Waals surface area contributed by atoms with Crippen LogP contribution >= 0.6 is 0 Å². The Morgan fingerprint density at radius 3 is 1.88 bits per heavy atom. The quantitative estimate of drug-likeness (QED) is 0.453. The molecule has 0 spiro atoms. The van der Waals surface area contributed by atoms with E-state index in [1.54, 1.807) is 7.11 Å². The topological polar surface area (TPSA) is 12.5 Å². The molecule has 0 aliphatic carbocycles. The van der Waals surface area contributed by atoms with Gasteiger partial charge in [0.25, 0.3) is 0 Å². The van der Waals surface area contributed by atoms with Crippen molar-refractivity contribution in [3.05, 3.63) is 83.4 Å². The Kier molecular flexibility index (Phi) is 3.58. The van der Waals surface area contributed by atoms with Gasteiger partial charge in [0.2, 0.25) is 0 Å². The lowest BCUT2D eigenvalue weighted by atomic mass is 10.1. The lowest BCUT2D eigenvalue weighted by Gasteiger charge is -2.28. The minimum atomic E-state index is 0.876. The van der Waals surface area contributed by atoms with Crippen LogP contribution in [0.2, 0.25) is 0 Å². The molecule has 3 aromatic carbocycles. The summed E-state index contributed by atoms with van der Waals surface area (Å²) in [4.78, 5) is 2.28. The lowest BCUT2D eigenvalue weighted by Crippen LogP contribution is -2.12. The fraction of sp³-hybridized carbons (Fsp3) is 0.0909. The molecule has 24 heavy (non-hydrogen) atoms. The fourth-order valence-electron chi connectivity index (χ4n) is 3.20. The molecule has 118 valence electrons. The Balaban J connectivity index is 2.02. The number of hydrogen-bond donors (Lipinski definition) is 0. The fourth-order valence-corrected chi connectivity index (χ4v) is 3.20. The van der Waals surface area contributed by atoms with Crippen molar-refractivity contribution in [1.29, 1.82) is 0 Å². The second-order valence-corrected chi connectivity index (χ2v) is 5.96. The van der Waals surface area contributed by atoms with Crippen molar-refractivity contribution in [2.24, 2.45) is 0 Å². The van der Waals surface area contributed by atoms with Crippen molar-refractivity contribution < 1.29 is 4.74 Å². The van der Waals surface area contributed by atoms with Crippen LogP contribution in [0.15, 0.2) is 66.7 Å². The maximum absolute atomic E-state index is 5.69. The molecule has 0 unspecified atom stereocenters. The van der Waals surface area contributed by atoms with E-state index in [0.717, 1.165) is 22.8 Å². The zero-order valence-corrected chi connectivity index (χ0v) is 13.9. The third-order valence-electron chi connectivity index (χ3n) is 4.37. The number of methoxy groups -OCH3 is 1. The predicted octanol–water partition coefficient (Wildman–Crippen LogP) is 5.96. The van der Waals surface area contributed by atoms with Crippen LogP contribution in [0.5, 0.6) is 5.75 Å². The maximum atomic E-state index is 5.69. The van der Waals surface area contributed by atoms with Crippen LogP contribution in [-0.2, 0) is 0 Å². The number of benzene rings is 3. The van der Waals surface area contributed by atoms with E-state index in [9.17, 15) is 0 Å². The highest BCUT2D eigenvalue weighted by atomic mass is 16.5. The number of nitrogens with zero attached hydrogens (tertiary/aromatic N) is 1. The Labute approximate surface area is 142 Å². The van der Waals surface area contributed by atoms with Crippen LogP contribution < -0.4 is 9.64 Å². The van der Waals surface area contributed by atoms with Crippen molar-refractivity contribution in [3.8, 4) is 5.75 Å². The monoisotopic (exact) mass is 313 g/mol. The van der Waals surface area contributed by atoms with E-state index >= 15 is 0 Å². The van der Waals surface area contributed by atoms with Crippen LogP contribution in [0.1, 0.15) is 16.7 Å². The predicted molar refractivity (Wildman–Crippen MR) is 101 cm³/mol. The molecular weight excluding hydrogens is 294 g/mol. The molecule has 0 atom stereocenters. The van der Waals surface area contributed by atoms with Crippen molar-refractivity contribution >= 4 is 29.2 Å². The lowest BCUT2D eigenvalue weighted by molar-refractivity contribution is 0.415. The first-order valence-corrected chi connectivity index (χ1v) is 8.09. The molecule has 0 radical (unpaired) electrons. The number of hydrogen-bond acceptors (Lipinski definition) is 2. The number of ether oxygens (including phenoxy) is 1. The molecule has 4 rings (SSSR count). The SMILES string of the molecule is COc1cc(C)ccc1N1c2ccccc2C=Cc2ccccc21. The van der Waals surface area contributed by atoms with E-state index in [-0.39, 0.29) is 0 Å². The van der Waals surface area contributed by atoms with Gasteiger partial charge in [-0.25, -0.2) is 0 Å². The molecule has 0 amide bonds. The van der Waals surface area contributed by atoms with Gasteiger partial charge in [-0.05, 0) is 47.9 Å². The molecule has 2 heteroatoms. The highest BCUT2D eigenvalue weighted by molar-refractivity contribution is 5.94. The minimum absolute atomic E-state index is 0.876. The summed E-state index contributed by atoms with van der Waals surface area (Å²) in [6.45, 7) is 2.08. The van der Waals surface area contributed by atoms with Gasteiger partial charge >= 0.3 is 0 Å². The summed E-state index contributed by atoms with van der Waals surface area (Å²) in [6.07, 6.45) is 4.35. The van der Waals surface area contributed by atoms with Crippen LogP contribution in [0, 0.1) is 6.92 Å². The summed E-state index contributed by atoms with van der Waals surface area (Å²) in [7, 11) is 1.73. The summed E-state index contributed by atoms with van der Waals surface area (Å²) < 4.78 is 5.69. The Bertz CT molecular complexity index is 877. The summed E-state index contributed by atoms with van der Waals surface area (Å²) in [5.74, 6) is 0.876. The van der Waals surface area contributed by atoms with Gasteiger partial charge in [0.1, 0.15) is 5.75 Å². The van der Waals surface area contributed by atoms with E-state index in [0.29, 0.717) is 0 Å². The first-order chi connectivity index (χ1) is 11.8.